The smallest absolute Gasteiger partial charge is 0.152 e. The molecular weight excluding hydrogens is 276 g/mol. The minimum absolute atomic E-state index is 0.152. The second-order valence-corrected chi connectivity index (χ2v) is 7.13. The van der Waals surface area contributed by atoms with Gasteiger partial charge in [-0.3, -0.25) is 9.48 Å². The predicted octanol–water partition coefficient (Wildman–Crippen LogP) is 2.53. The van der Waals surface area contributed by atoms with E-state index in [0.717, 1.165) is 28.1 Å². The largest absolute Gasteiger partial charge is 0.298 e. The van der Waals surface area contributed by atoms with Crippen LogP contribution in [0.25, 0.3) is 10.9 Å². The number of benzene rings is 1. The lowest BCUT2D eigenvalue weighted by Gasteiger charge is -2.19. The van der Waals surface area contributed by atoms with E-state index in [1.165, 1.54) is 5.75 Å². The van der Waals surface area contributed by atoms with Gasteiger partial charge >= 0.3 is 0 Å². The van der Waals surface area contributed by atoms with Gasteiger partial charge < -0.3 is 0 Å². The van der Waals surface area contributed by atoms with Crippen LogP contribution in [-0.2, 0) is 18.3 Å². The van der Waals surface area contributed by atoms with Gasteiger partial charge in [0.2, 0.25) is 0 Å². The molecule has 1 aliphatic rings. The Morgan fingerprint density at radius 3 is 3.05 bits per heavy atom. The van der Waals surface area contributed by atoms with E-state index in [9.17, 15) is 4.79 Å². The standard InChI is InChI=1S/C14H16N2OS2/c1-16-12-5-3-2-4-10(12)11(15-16)8-13(17)14-9-18-6-7-19-14/h2-5,14H,6-9H2,1H3. The maximum absolute atomic E-state index is 12.3. The normalized spacial score (nSPS) is 19.7. The van der Waals surface area contributed by atoms with Crippen LogP contribution in [0.4, 0.5) is 0 Å². The molecule has 2 heterocycles. The van der Waals surface area contributed by atoms with Crippen molar-refractivity contribution in [1.82, 2.24) is 9.78 Å². The van der Waals surface area contributed by atoms with Crippen LogP contribution in [0.3, 0.4) is 0 Å². The van der Waals surface area contributed by atoms with Crippen molar-refractivity contribution in [2.75, 3.05) is 17.3 Å². The van der Waals surface area contributed by atoms with Crippen LogP contribution in [0.5, 0.6) is 0 Å². The summed E-state index contributed by atoms with van der Waals surface area (Å²) in [4.78, 5) is 12.3. The van der Waals surface area contributed by atoms with Crippen molar-refractivity contribution < 1.29 is 4.79 Å². The van der Waals surface area contributed by atoms with E-state index in [4.69, 9.17) is 0 Å². The Kier molecular flexibility index (Phi) is 3.84. The van der Waals surface area contributed by atoms with Gasteiger partial charge in [0.1, 0.15) is 0 Å². The third-order valence-corrected chi connectivity index (χ3v) is 6.15. The maximum atomic E-state index is 12.3. The summed E-state index contributed by atoms with van der Waals surface area (Å²) >= 11 is 3.68. The number of thioether (sulfide) groups is 2. The molecule has 0 radical (unpaired) electrons. The predicted molar refractivity (Wildman–Crippen MR) is 83.0 cm³/mol. The van der Waals surface area contributed by atoms with Crippen LogP contribution in [0.15, 0.2) is 24.3 Å². The highest BCUT2D eigenvalue weighted by Gasteiger charge is 2.23. The Bertz CT molecular complexity index is 603. The van der Waals surface area contributed by atoms with Crippen LogP contribution >= 0.6 is 23.5 Å². The minimum Gasteiger partial charge on any atom is -0.298 e. The molecule has 19 heavy (non-hydrogen) atoms. The van der Waals surface area contributed by atoms with Crippen molar-refractivity contribution in [1.29, 1.82) is 0 Å². The van der Waals surface area contributed by atoms with E-state index in [-0.39, 0.29) is 5.25 Å². The molecule has 2 aromatic rings. The van der Waals surface area contributed by atoms with Gasteiger partial charge in [-0.15, -0.1) is 11.8 Å². The number of rotatable bonds is 3. The molecule has 1 atom stereocenters. The third-order valence-electron chi connectivity index (χ3n) is 3.35. The van der Waals surface area contributed by atoms with Crippen molar-refractivity contribution in [3.05, 3.63) is 30.0 Å². The Hall–Kier alpha value is -0.940. The number of ketones is 1. The number of nitrogens with zero attached hydrogens (tertiary/aromatic N) is 2. The van der Waals surface area contributed by atoms with Crippen molar-refractivity contribution in [3.8, 4) is 0 Å². The second kappa shape index (κ2) is 5.59. The molecule has 0 saturated carbocycles. The Morgan fingerprint density at radius 1 is 1.42 bits per heavy atom. The number of para-hydroxylation sites is 1. The number of aromatic nitrogens is 2. The van der Waals surface area contributed by atoms with Gasteiger partial charge in [0, 0.05) is 29.7 Å². The van der Waals surface area contributed by atoms with E-state index >= 15 is 0 Å². The lowest BCUT2D eigenvalue weighted by molar-refractivity contribution is -0.117. The van der Waals surface area contributed by atoms with E-state index in [1.807, 2.05) is 47.8 Å². The molecule has 1 unspecified atom stereocenters. The molecule has 0 N–H and O–H groups in total. The van der Waals surface area contributed by atoms with E-state index in [1.54, 1.807) is 11.8 Å². The van der Waals surface area contributed by atoms with E-state index in [0.29, 0.717) is 12.2 Å². The van der Waals surface area contributed by atoms with Crippen LogP contribution < -0.4 is 0 Å². The van der Waals surface area contributed by atoms with Crippen LogP contribution in [0.1, 0.15) is 5.69 Å². The molecule has 1 aliphatic heterocycles. The fraction of sp³-hybridized carbons (Fsp3) is 0.429. The quantitative estimate of drug-likeness (QED) is 0.871. The fourth-order valence-electron chi connectivity index (χ4n) is 2.37. The minimum atomic E-state index is 0.152. The van der Waals surface area contributed by atoms with Crippen molar-refractivity contribution >= 4 is 40.2 Å². The fourth-order valence-corrected chi connectivity index (χ4v) is 5.02. The molecule has 5 heteroatoms. The van der Waals surface area contributed by atoms with Crippen LogP contribution in [-0.4, -0.2) is 38.1 Å². The van der Waals surface area contributed by atoms with Gasteiger partial charge in [-0.25, -0.2) is 0 Å². The zero-order valence-corrected chi connectivity index (χ0v) is 12.5. The van der Waals surface area contributed by atoms with E-state index in [2.05, 4.69) is 5.10 Å². The van der Waals surface area contributed by atoms with Crippen LogP contribution in [0.2, 0.25) is 0 Å². The first-order valence-corrected chi connectivity index (χ1v) is 8.59. The Labute approximate surface area is 121 Å². The number of fused-ring (bicyclic) bond motifs is 1. The number of aryl methyl sites for hydroxylation is 1. The molecule has 0 amide bonds. The number of hydrogen-bond acceptors (Lipinski definition) is 4. The van der Waals surface area contributed by atoms with Crippen LogP contribution in [0, 0.1) is 0 Å². The molecule has 1 aromatic carbocycles. The second-order valence-electron chi connectivity index (χ2n) is 4.66. The maximum Gasteiger partial charge on any atom is 0.152 e. The van der Waals surface area contributed by atoms with Crippen molar-refractivity contribution in [3.63, 3.8) is 0 Å². The molecule has 3 rings (SSSR count). The van der Waals surface area contributed by atoms with Gasteiger partial charge in [0.05, 0.1) is 22.9 Å². The Morgan fingerprint density at radius 2 is 2.26 bits per heavy atom. The molecule has 0 bridgehead atoms. The average molecular weight is 292 g/mol. The summed E-state index contributed by atoms with van der Waals surface area (Å²) in [5.41, 5.74) is 2.01. The number of carbonyl (C=O) groups is 1. The van der Waals surface area contributed by atoms with Gasteiger partial charge in [-0.2, -0.15) is 16.9 Å². The molecule has 100 valence electrons. The van der Waals surface area contributed by atoms with Crippen molar-refractivity contribution in [2.24, 2.45) is 7.05 Å². The highest BCUT2D eigenvalue weighted by Crippen LogP contribution is 2.26. The van der Waals surface area contributed by atoms with Gasteiger partial charge in [-0.1, -0.05) is 18.2 Å². The summed E-state index contributed by atoms with van der Waals surface area (Å²) in [5, 5.41) is 5.76. The monoisotopic (exact) mass is 292 g/mol. The highest BCUT2D eigenvalue weighted by molar-refractivity contribution is 8.07. The summed E-state index contributed by atoms with van der Waals surface area (Å²) in [6.45, 7) is 0. The molecule has 1 aromatic heterocycles. The van der Waals surface area contributed by atoms with E-state index < -0.39 is 0 Å². The van der Waals surface area contributed by atoms with Crippen molar-refractivity contribution in [2.45, 2.75) is 11.7 Å². The SMILES string of the molecule is Cn1nc(CC(=O)C2CSCCS2)c2ccccc21. The Balaban J connectivity index is 1.83. The third kappa shape index (κ3) is 2.67. The first-order valence-electron chi connectivity index (χ1n) is 6.38. The molecule has 1 fully saturated rings. The average Bonchev–Trinajstić information content (AvgIpc) is 2.77. The summed E-state index contributed by atoms with van der Waals surface area (Å²) in [6, 6.07) is 8.10. The zero-order valence-electron chi connectivity index (χ0n) is 10.8. The molecular formula is C14H16N2OS2. The molecule has 0 aliphatic carbocycles. The zero-order chi connectivity index (χ0) is 13.2. The van der Waals surface area contributed by atoms with Gasteiger partial charge in [-0.05, 0) is 6.07 Å². The lowest BCUT2D eigenvalue weighted by Crippen LogP contribution is -2.26. The molecule has 3 nitrogen and oxygen atoms in total. The first-order chi connectivity index (χ1) is 9.25. The summed E-state index contributed by atoms with van der Waals surface area (Å²) in [7, 11) is 1.93. The topological polar surface area (TPSA) is 34.9 Å². The number of Topliss-reactive ketones (excluding diaryl/α,β-unsaturated/α-hetero) is 1. The van der Waals surface area contributed by atoms with Gasteiger partial charge in [0.15, 0.2) is 5.78 Å². The highest BCUT2D eigenvalue weighted by atomic mass is 32.2. The molecule has 1 saturated heterocycles. The number of carbonyl (C=O) groups excluding carboxylic acids is 1. The summed E-state index contributed by atoms with van der Waals surface area (Å²) < 4.78 is 1.86. The first kappa shape index (κ1) is 13.1. The molecule has 0 spiro atoms. The van der Waals surface area contributed by atoms with Gasteiger partial charge in [0.25, 0.3) is 0 Å². The summed E-state index contributed by atoms with van der Waals surface area (Å²) in [6.07, 6.45) is 0.458. The number of hydrogen-bond donors (Lipinski definition) is 0. The summed E-state index contributed by atoms with van der Waals surface area (Å²) in [5.74, 6) is 3.53. The lowest BCUT2D eigenvalue weighted by atomic mass is 10.1.